The van der Waals surface area contributed by atoms with E-state index in [1.807, 2.05) is 12.1 Å². The third-order valence-electron chi connectivity index (χ3n) is 2.85. The van der Waals surface area contributed by atoms with Crippen LogP contribution in [0.25, 0.3) is 0 Å². The van der Waals surface area contributed by atoms with Crippen LogP contribution in [0.5, 0.6) is 0 Å². The van der Waals surface area contributed by atoms with Crippen molar-refractivity contribution >= 4 is 17.4 Å². The first-order valence-corrected chi connectivity index (χ1v) is 5.80. The fourth-order valence-electron chi connectivity index (χ4n) is 1.98. The molecule has 1 heterocycles. The van der Waals surface area contributed by atoms with Crippen molar-refractivity contribution in [1.82, 2.24) is 4.90 Å². The van der Waals surface area contributed by atoms with Crippen LogP contribution in [0.4, 0.5) is 0 Å². The Morgan fingerprint density at radius 2 is 2.25 bits per heavy atom. The minimum atomic E-state index is 0.0692. The van der Waals surface area contributed by atoms with Gasteiger partial charge >= 0.3 is 0 Å². The van der Waals surface area contributed by atoms with Gasteiger partial charge in [0, 0.05) is 24.7 Å². The molecule has 1 aromatic rings. The van der Waals surface area contributed by atoms with Crippen molar-refractivity contribution in [2.45, 2.75) is 12.5 Å². The van der Waals surface area contributed by atoms with E-state index in [9.17, 15) is 4.79 Å². The summed E-state index contributed by atoms with van der Waals surface area (Å²) in [7, 11) is 0. The SMILES string of the molecule is NC1CCN(CC(=O)c2ccccc2Cl)C1. The molecule has 1 aliphatic heterocycles. The van der Waals surface area contributed by atoms with E-state index in [2.05, 4.69) is 4.90 Å². The Morgan fingerprint density at radius 3 is 2.88 bits per heavy atom. The molecule has 1 atom stereocenters. The summed E-state index contributed by atoms with van der Waals surface area (Å²) < 4.78 is 0. The molecule has 1 saturated heterocycles. The Labute approximate surface area is 100 Å². The molecule has 16 heavy (non-hydrogen) atoms. The molecule has 2 rings (SSSR count). The Bertz CT molecular complexity index is 394. The van der Waals surface area contributed by atoms with Crippen molar-refractivity contribution in [3.05, 3.63) is 34.9 Å². The third-order valence-corrected chi connectivity index (χ3v) is 3.18. The molecular weight excluding hydrogens is 224 g/mol. The molecule has 0 saturated carbocycles. The lowest BCUT2D eigenvalue weighted by atomic mass is 10.1. The van der Waals surface area contributed by atoms with Gasteiger partial charge in [0.15, 0.2) is 5.78 Å². The van der Waals surface area contributed by atoms with Gasteiger partial charge in [0.25, 0.3) is 0 Å². The fraction of sp³-hybridized carbons (Fsp3) is 0.417. The van der Waals surface area contributed by atoms with E-state index in [4.69, 9.17) is 17.3 Å². The topological polar surface area (TPSA) is 46.3 Å². The van der Waals surface area contributed by atoms with Gasteiger partial charge in [-0.05, 0) is 18.6 Å². The highest BCUT2D eigenvalue weighted by Gasteiger charge is 2.22. The molecule has 3 nitrogen and oxygen atoms in total. The van der Waals surface area contributed by atoms with Gasteiger partial charge in [-0.2, -0.15) is 0 Å². The van der Waals surface area contributed by atoms with Crippen molar-refractivity contribution < 1.29 is 4.79 Å². The van der Waals surface area contributed by atoms with Crippen LogP contribution in [0.1, 0.15) is 16.8 Å². The highest BCUT2D eigenvalue weighted by Crippen LogP contribution is 2.17. The Hall–Kier alpha value is -0.900. The fourth-order valence-corrected chi connectivity index (χ4v) is 2.22. The summed E-state index contributed by atoms with van der Waals surface area (Å²) in [5.74, 6) is 0.0692. The van der Waals surface area contributed by atoms with Gasteiger partial charge in [0.05, 0.1) is 11.6 Å². The number of hydrogen-bond donors (Lipinski definition) is 1. The van der Waals surface area contributed by atoms with E-state index in [-0.39, 0.29) is 11.8 Å². The molecule has 1 aliphatic rings. The van der Waals surface area contributed by atoms with Crippen molar-refractivity contribution in [2.24, 2.45) is 5.73 Å². The highest BCUT2D eigenvalue weighted by atomic mass is 35.5. The summed E-state index contributed by atoms with van der Waals surface area (Å²) in [5, 5.41) is 0.524. The average molecular weight is 239 g/mol. The van der Waals surface area contributed by atoms with Crippen LogP contribution in [0.2, 0.25) is 5.02 Å². The van der Waals surface area contributed by atoms with Gasteiger partial charge in [-0.3, -0.25) is 9.69 Å². The zero-order chi connectivity index (χ0) is 11.5. The largest absolute Gasteiger partial charge is 0.326 e. The highest BCUT2D eigenvalue weighted by molar-refractivity contribution is 6.34. The van der Waals surface area contributed by atoms with E-state index in [0.29, 0.717) is 17.1 Å². The number of hydrogen-bond acceptors (Lipinski definition) is 3. The molecule has 4 heteroatoms. The van der Waals surface area contributed by atoms with E-state index in [1.54, 1.807) is 12.1 Å². The van der Waals surface area contributed by atoms with Crippen LogP contribution in [0.15, 0.2) is 24.3 Å². The molecule has 1 unspecified atom stereocenters. The maximum Gasteiger partial charge on any atom is 0.178 e. The second kappa shape index (κ2) is 4.95. The summed E-state index contributed by atoms with van der Waals surface area (Å²) in [6, 6.07) is 7.37. The predicted molar refractivity (Wildman–Crippen MR) is 64.8 cm³/mol. The first kappa shape index (κ1) is 11.6. The predicted octanol–water partition coefficient (Wildman–Crippen LogP) is 1.56. The van der Waals surface area contributed by atoms with E-state index in [0.717, 1.165) is 19.5 Å². The van der Waals surface area contributed by atoms with Gasteiger partial charge in [-0.25, -0.2) is 0 Å². The summed E-state index contributed by atoms with van der Waals surface area (Å²) in [4.78, 5) is 14.0. The van der Waals surface area contributed by atoms with Crippen LogP contribution >= 0.6 is 11.6 Å². The number of carbonyl (C=O) groups is 1. The second-order valence-corrected chi connectivity index (χ2v) is 4.59. The molecule has 0 aliphatic carbocycles. The van der Waals surface area contributed by atoms with Gasteiger partial charge in [-0.15, -0.1) is 0 Å². The molecule has 0 aromatic heterocycles. The molecule has 86 valence electrons. The number of nitrogens with zero attached hydrogens (tertiary/aromatic N) is 1. The van der Waals surface area contributed by atoms with Gasteiger partial charge in [0.2, 0.25) is 0 Å². The first-order chi connectivity index (χ1) is 7.66. The van der Waals surface area contributed by atoms with Crippen molar-refractivity contribution in [3.63, 3.8) is 0 Å². The maximum absolute atomic E-state index is 12.0. The first-order valence-electron chi connectivity index (χ1n) is 5.42. The van der Waals surface area contributed by atoms with Crippen LogP contribution in [0, 0.1) is 0 Å². The Kier molecular flexibility index (Phi) is 3.59. The van der Waals surface area contributed by atoms with E-state index in [1.165, 1.54) is 0 Å². The zero-order valence-corrected chi connectivity index (χ0v) is 9.78. The van der Waals surface area contributed by atoms with Crippen molar-refractivity contribution in [3.8, 4) is 0 Å². The van der Waals surface area contributed by atoms with Crippen LogP contribution in [-0.2, 0) is 0 Å². The van der Waals surface area contributed by atoms with Crippen LogP contribution < -0.4 is 5.73 Å². The number of halogens is 1. The standard InChI is InChI=1S/C12H15ClN2O/c13-11-4-2-1-3-10(11)12(16)8-15-6-5-9(14)7-15/h1-4,9H,5-8,14H2. The lowest BCUT2D eigenvalue weighted by Crippen LogP contribution is -2.31. The van der Waals surface area contributed by atoms with Gasteiger partial charge in [0.1, 0.15) is 0 Å². The number of ketones is 1. The molecule has 0 bridgehead atoms. The molecule has 1 aromatic carbocycles. The van der Waals surface area contributed by atoms with E-state index >= 15 is 0 Å². The number of nitrogens with two attached hydrogens (primary N) is 1. The average Bonchev–Trinajstić information content (AvgIpc) is 2.64. The molecule has 0 radical (unpaired) electrons. The minimum Gasteiger partial charge on any atom is -0.326 e. The van der Waals surface area contributed by atoms with Crippen molar-refractivity contribution in [2.75, 3.05) is 19.6 Å². The smallest absolute Gasteiger partial charge is 0.178 e. The van der Waals surface area contributed by atoms with Gasteiger partial charge < -0.3 is 5.73 Å². The monoisotopic (exact) mass is 238 g/mol. The number of carbonyl (C=O) groups excluding carboxylic acids is 1. The number of benzene rings is 1. The summed E-state index contributed by atoms with van der Waals surface area (Å²) in [6.07, 6.45) is 0.968. The number of rotatable bonds is 3. The summed E-state index contributed by atoms with van der Waals surface area (Å²) in [5.41, 5.74) is 6.39. The zero-order valence-electron chi connectivity index (χ0n) is 9.03. The van der Waals surface area contributed by atoms with Crippen LogP contribution in [0.3, 0.4) is 0 Å². The molecule has 2 N–H and O–H groups in total. The molecule has 1 fully saturated rings. The number of Topliss-reactive ketones (excluding diaryl/α,β-unsaturated/α-hetero) is 1. The Morgan fingerprint density at radius 1 is 1.50 bits per heavy atom. The third kappa shape index (κ3) is 2.61. The second-order valence-electron chi connectivity index (χ2n) is 4.19. The van der Waals surface area contributed by atoms with E-state index < -0.39 is 0 Å². The molecule has 0 amide bonds. The summed E-state index contributed by atoms with van der Waals surface area (Å²) in [6.45, 7) is 2.12. The molecule has 0 spiro atoms. The molecular formula is C12H15ClN2O. The Balaban J connectivity index is 2.01. The summed E-state index contributed by atoms with van der Waals surface area (Å²) >= 11 is 5.97. The minimum absolute atomic E-state index is 0.0692. The normalized spacial score (nSPS) is 21.2. The quantitative estimate of drug-likeness (QED) is 0.813. The maximum atomic E-state index is 12.0. The lowest BCUT2D eigenvalue weighted by Gasteiger charge is -2.14. The van der Waals surface area contributed by atoms with Crippen molar-refractivity contribution in [1.29, 1.82) is 0 Å². The van der Waals surface area contributed by atoms with Gasteiger partial charge in [-0.1, -0.05) is 23.7 Å². The van der Waals surface area contributed by atoms with Crippen LogP contribution in [-0.4, -0.2) is 36.4 Å². The number of likely N-dealkylation sites (tertiary alicyclic amines) is 1. The lowest BCUT2D eigenvalue weighted by molar-refractivity contribution is 0.0945.